The molecular formula is C18H19N3O3. The Hall–Kier alpha value is -3.04. The van der Waals surface area contributed by atoms with Crippen molar-refractivity contribution in [3.05, 3.63) is 54.1 Å². The molecule has 0 heterocycles. The number of carbonyl (C=O) groups excluding carboxylic acids is 1. The third-order valence-corrected chi connectivity index (χ3v) is 3.30. The van der Waals surface area contributed by atoms with Gasteiger partial charge in [0.15, 0.2) is 0 Å². The number of ether oxygens (including phenoxy) is 2. The Morgan fingerprint density at radius 2 is 1.71 bits per heavy atom. The zero-order valence-electron chi connectivity index (χ0n) is 13.7. The molecule has 0 saturated carbocycles. The summed E-state index contributed by atoms with van der Waals surface area (Å²) >= 11 is 0. The van der Waals surface area contributed by atoms with Crippen LogP contribution in [-0.2, 0) is 4.74 Å². The SMILES string of the molecule is COCCN(C)C(=O)Nc1ccc(Oc2ccc(C#N)cc2)cc1. The summed E-state index contributed by atoms with van der Waals surface area (Å²) in [5.41, 5.74) is 1.26. The number of anilines is 1. The highest BCUT2D eigenvalue weighted by Gasteiger charge is 2.08. The van der Waals surface area contributed by atoms with Crippen LogP contribution in [0.2, 0.25) is 0 Å². The van der Waals surface area contributed by atoms with E-state index in [1.54, 1.807) is 67.6 Å². The highest BCUT2D eigenvalue weighted by molar-refractivity contribution is 5.89. The van der Waals surface area contributed by atoms with Gasteiger partial charge in [-0.05, 0) is 48.5 Å². The molecule has 0 fully saturated rings. The van der Waals surface area contributed by atoms with Crippen molar-refractivity contribution in [1.82, 2.24) is 4.90 Å². The molecule has 0 aliphatic carbocycles. The first-order valence-electron chi connectivity index (χ1n) is 7.41. The lowest BCUT2D eigenvalue weighted by molar-refractivity contribution is 0.165. The van der Waals surface area contributed by atoms with Crippen molar-refractivity contribution in [1.29, 1.82) is 5.26 Å². The highest BCUT2D eigenvalue weighted by Crippen LogP contribution is 2.23. The Balaban J connectivity index is 1.92. The lowest BCUT2D eigenvalue weighted by atomic mass is 10.2. The molecule has 2 aromatic rings. The smallest absolute Gasteiger partial charge is 0.321 e. The second-order valence-electron chi connectivity index (χ2n) is 5.11. The van der Waals surface area contributed by atoms with E-state index in [9.17, 15) is 4.79 Å². The second-order valence-corrected chi connectivity index (χ2v) is 5.11. The van der Waals surface area contributed by atoms with Crippen molar-refractivity contribution in [3.8, 4) is 17.6 Å². The predicted molar refractivity (Wildman–Crippen MR) is 91.2 cm³/mol. The molecule has 0 bridgehead atoms. The minimum atomic E-state index is -0.201. The summed E-state index contributed by atoms with van der Waals surface area (Å²) in [4.78, 5) is 13.5. The van der Waals surface area contributed by atoms with Crippen molar-refractivity contribution < 1.29 is 14.3 Å². The van der Waals surface area contributed by atoms with Crippen LogP contribution in [0.1, 0.15) is 5.56 Å². The summed E-state index contributed by atoms with van der Waals surface area (Å²) in [5, 5.41) is 11.6. The lowest BCUT2D eigenvalue weighted by Gasteiger charge is -2.17. The maximum absolute atomic E-state index is 12.0. The first-order chi connectivity index (χ1) is 11.6. The first kappa shape index (κ1) is 17.3. The van der Waals surface area contributed by atoms with Gasteiger partial charge in [0.1, 0.15) is 11.5 Å². The van der Waals surface area contributed by atoms with Crippen LogP contribution < -0.4 is 10.1 Å². The third kappa shape index (κ3) is 5.00. The van der Waals surface area contributed by atoms with E-state index >= 15 is 0 Å². The minimum Gasteiger partial charge on any atom is -0.457 e. The summed E-state index contributed by atoms with van der Waals surface area (Å²) in [7, 11) is 3.30. The van der Waals surface area contributed by atoms with Crippen LogP contribution in [-0.4, -0.2) is 38.2 Å². The molecular weight excluding hydrogens is 306 g/mol. The van der Waals surface area contributed by atoms with Crippen LogP contribution >= 0.6 is 0 Å². The quantitative estimate of drug-likeness (QED) is 0.882. The van der Waals surface area contributed by atoms with E-state index in [0.29, 0.717) is 35.9 Å². The van der Waals surface area contributed by atoms with E-state index in [1.807, 2.05) is 0 Å². The Bertz CT molecular complexity index is 706. The summed E-state index contributed by atoms with van der Waals surface area (Å²) < 4.78 is 10.6. The fraction of sp³-hybridized carbons (Fsp3) is 0.222. The molecule has 1 N–H and O–H groups in total. The van der Waals surface area contributed by atoms with Gasteiger partial charge < -0.3 is 19.7 Å². The maximum atomic E-state index is 12.0. The summed E-state index contributed by atoms with van der Waals surface area (Å²) in [6.45, 7) is 1.00. The number of carbonyl (C=O) groups is 1. The van der Waals surface area contributed by atoms with E-state index in [0.717, 1.165) is 0 Å². The van der Waals surface area contributed by atoms with E-state index in [4.69, 9.17) is 14.7 Å². The van der Waals surface area contributed by atoms with Gasteiger partial charge in [-0.25, -0.2) is 4.79 Å². The summed E-state index contributed by atoms with van der Waals surface area (Å²) in [6, 6.07) is 15.8. The van der Waals surface area contributed by atoms with Gasteiger partial charge in [0.05, 0.1) is 18.2 Å². The van der Waals surface area contributed by atoms with Crippen LogP contribution in [0.3, 0.4) is 0 Å². The van der Waals surface area contributed by atoms with Crippen LogP contribution in [0.25, 0.3) is 0 Å². The standard InChI is InChI=1S/C18H19N3O3/c1-21(11-12-23-2)18(22)20-15-5-9-17(10-6-15)24-16-7-3-14(13-19)4-8-16/h3-10H,11-12H2,1-2H3,(H,20,22). The molecule has 6 nitrogen and oxygen atoms in total. The van der Waals surface area contributed by atoms with Crippen molar-refractivity contribution in [2.24, 2.45) is 0 Å². The molecule has 0 aromatic heterocycles. The van der Waals surface area contributed by atoms with E-state index in [1.165, 1.54) is 0 Å². The van der Waals surface area contributed by atoms with Gasteiger partial charge in [0, 0.05) is 26.4 Å². The van der Waals surface area contributed by atoms with Crippen LogP contribution in [0, 0.1) is 11.3 Å². The monoisotopic (exact) mass is 325 g/mol. The Kier molecular flexibility index (Phi) is 6.17. The van der Waals surface area contributed by atoms with Crippen molar-refractivity contribution in [2.45, 2.75) is 0 Å². The third-order valence-electron chi connectivity index (χ3n) is 3.30. The zero-order chi connectivity index (χ0) is 17.4. The summed E-state index contributed by atoms with van der Waals surface area (Å²) in [6.07, 6.45) is 0. The number of rotatable bonds is 6. The van der Waals surface area contributed by atoms with Crippen molar-refractivity contribution in [3.63, 3.8) is 0 Å². The molecule has 2 aromatic carbocycles. The number of amides is 2. The molecule has 6 heteroatoms. The van der Waals surface area contributed by atoms with E-state index < -0.39 is 0 Å². The molecule has 0 radical (unpaired) electrons. The van der Waals surface area contributed by atoms with Crippen LogP contribution in [0.15, 0.2) is 48.5 Å². The van der Waals surface area contributed by atoms with Crippen molar-refractivity contribution >= 4 is 11.7 Å². The fourth-order valence-corrected chi connectivity index (χ4v) is 1.89. The first-order valence-corrected chi connectivity index (χ1v) is 7.41. The molecule has 24 heavy (non-hydrogen) atoms. The zero-order valence-corrected chi connectivity index (χ0v) is 13.7. The maximum Gasteiger partial charge on any atom is 0.321 e. The molecule has 2 amide bonds. The molecule has 0 atom stereocenters. The van der Waals surface area contributed by atoms with Gasteiger partial charge in [-0.3, -0.25) is 0 Å². The molecule has 0 aliphatic rings. The number of urea groups is 1. The normalized spacial score (nSPS) is 9.88. The molecule has 0 spiro atoms. The second kappa shape index (κ2) is 8.56. The predicted octanol–water partition coefficient (Wildman–Crippen LogP) is 3.46. The van der Waals surface area contributed by atoms with Gasteiger partial charge in [-0.1, -0.05) is 0 Å². The number of nitrogens with zero attached hydrogens (tertiary/aromatic N) is 2. The number of methoxy groups -OCH3 is 1. The molecule has 0 unspecified atom stereocenters. The van der Waals surface area contributed by atoms with Crippen LogP contribution in [0.4, 0.5) is 10.5 Å². The number of likely N-dealkylation sites (N-methyl/N-ethyl adjacent to an activating group) is 1. The van der Waals surface area contributed by atoms with Gasteiger partial charge in [-0.2, -0.15) is 5.26 Å². The largest absolute Gasteiger partial charge is 0.457 e. The highest BCUT2D eigenvalue weighted by atomic mass is 16.5. The van der Waals surface area contributed by atoms with Crippen LogP contribution in [0.5, 0.6) is 11.5 Å². The molecule has 0 aliphatic heterocycles. The number of hydrogen-bond acceptors (Lipinski definition) is 4. The van der Waals surface area contributed by atoms with Crippen molar-refractivity contribution in [2.75, 3.05) is 32.6 Å². The van der Waals surface area contributed by atoms with E-state index in [2.05, 4.69) is 11.4 Å². The topological polar surface area (TPSA) is 74.6 Å². The van der Waals surface area contributed by atoms with E-state index in [-0.39, 0.29) is 6.03 Å². The Morgan fingerprint density at radius 1 is 1.12 bits per heavy atom. The van der Waals surface area contributed by atoms with Gasteiger partial charge in [0.2, 0.25) is 0 Å². The summed E-state index contributed by atoms with van der Waals surface area (Å²) in [5.74, 6) is 1.29. The van der Waals surface area contributed by atoms with Gasteiger partial charge in [0.25, 0.3) is 0 Å². The van der Waals surface area contributed by atoms with Gasteiger partial charge >= 0.3 is 6.03 Å². The Labute approximate surface area is 141 Å². The lowest BCUT2D eigenvalue weighted by Crippen LogP contribution is -2.33. The number of nitriles is 1. The number of benzene rings is 2. The fourth-order valence-electron chi connectivity index (χ4n) is 1.89. The molecule has 2 rings (SSSR count). The molecule has 124 valence electrons. The number of nitrogens with one attached hydrogen (secondary N) is 1. The molecule has 0 saturated heterocycles. The average molecular weight is 325 g/mol. The Morgan fingerprint density at radius 3 is 2.25 bits per heavy atom. The van der Waals surface area contributed by atoms with Gasteiger partial charge in [-0.15, -0.1) is 0 Å². The average Bonchev–Trinajstić information content (AvgIpc) is 2.62. The number of hydrogen-bond donors (Lipinski definition) is 1. The minimum absolute atomic E-state index is 0.201.